The lowest BCUT2D eigenvalue weighted by Crippen LogP contribution is -2.29. The standard InChI is InChI=1S/C16H29N3O/c1-5-12-6-8-13(9-7-12)15(17)16-14(20-4)10-18-19(16)11(2)3/h10-13,15H,5-9,17H2,1-4H3. The van der Waals surface area contributed by atoms with Crippen LogP contribution in [0.4, 0.5) is 0 Å². The summed E-state index contributed by atoms with van der Waals surface area (Å²) in [6.45, 7) is 6.56. The Morgan fingerprint density at radius 1 is 1.35 bits per heavy atom. The molecule has 1 aliphatic carbocycles. The molecule has 2 N–H and O–H groups in total. The van der Waals surface area contributed by atoms with Gasteiger partial charge in [0.05, 0.1) is 25.0 Å². The number of aromatic nitrogens is 2. The van der Waals surface area contributed by atoms with Gasteiger partial charge in [0, 0.05) is 6.04 Å². The quantitative estimate of drug-likeness (QED) is 0.894. The zero-order chi connectivity index (χ0) is 14.7. The summed E-state index contributed by atoms with van der Waals surface area (Å²) in [6.07, 6.45) is 8.18. The fourth-order valence-electron chi connectivity index (χ4n) is 3.42. The number of rotatable bonds is 5. The van der Waals surface area contributed by atoms with Crippen molar-refractivity contribution >= 4 is 0 Å². The highest BCUT2D eigenvalue weighted by atomic mass is 16.5. The average molecular weight is 279 g/mol. The Kier molecular flexibility index (Phi) is 5.08. The van der Waals surface area contributed by atoms with E-state index in [0.29, 0.717) is 12.0 Å². The number of ether oxygens (including phenoxy) is 1. The third kappa shape index (κ3) is 3.00. The zero-order valence-electron chi connectivity index (χ0n) is 13.3. The Morgan fingerprint density at radius 2 is 2.00 bits per heavy atom. The third-order valence-corrected chi connectivity index (χ3v) is 4.80. The molecule has 0 saturated heterocycles. The number of nitrogens with zero attached hydrogens (tertiary/aromatic N) is 2. The summed E-state index contributed by atoms with van der Waals surface area (Å²) in [5.41, 5.74) is 7.65. The molecule has 0 bridgehead atoms. The Balaban J connectivity index is 2.16. The van der Waals surface area contributed by atoms with Gasteiger partial charge in [-0.1, -0.05) is 26.2 Å². The molecule has 0 spiro atoms. The number of methoxy groups -OCH3 is 1. The van der Waals surface area contributed by atoms with Gasteiger partial charge >= 0.3 is 0 Å². The van der Waals surface area contributed by atoms with Crippen molar-refractivity contribution < 1.29 is 4.74 Å². The molecule has 1 aromatic heterocycles. The zero-order valence-corrected chi connectivity index (χ0v) is 13.3. The van der Waals surface area contributed by atoms with Crippen LogP contribution in [0.1, 0.15) is 70.7 Å². The van der Waals surface area contributed by atoms with Gasteiger partial charge in [0.1, 0.15) is 0 Å². The summed E-state index contributed by atoms with van der Waals surface area (Å²) in [5, 5.41) is 4.45. The van der Waals surface area contributed by atoms with Crippen LogP contribution in [0, 0.1) is 11.8 Å². The molecular weight excluding hydrogens is 250 g/mol. The van der Waals surface area contributed by atoms with Gasteiger partial charge in [0.2, 0.25) is 0 Å². The minimum Gasteiger partial charge on any atom is -0.493 e. The lowest BCUT2D eigenvalue weighted by atomic mass is 9.77. The highest BCUT2D eigenvalue weighted by molar-refractivity contribution is 5.29. The molecule has 1 unspecified atom stereocenters. The maximum Gasteiger partial charge on any atom is 0.161 e. The molecule has 1 aliphatic rings. The van der Waals surface area contributed by atoms with Gasteiger partial charge in [-0.2, -0.15) is 5.10 Å². The normalized spacial score (nSPS) is 24.9. The molecule has 1 saturated carbocycles. The first-order valence-corrected chi connectivity index (χ1v) is 7.95. The molecule has 1 heterocycles. The third-order valence-electron chi connectivity index (χ3n) is 4.80. The highest BCUT2D eigenvalue weighted by Gasteiger charge is 2.30. The second kappa shape index (κ2) is 6.61. The van der Waals surface area contributed by atoms with E-state index in [0.717, 1.165) is 17.4 Å². The van der Waals surface area contributed by atoms with Gasteiger partial charge in [-0.25, -0.2) is 0 Å². The lowest BCUT2D eigenvalue weighted by molar-refractivity contribution is 0.230. The molecular formula is C16H29N3O. The molecule has 1 aromatic rings. The van der Waals surface area contributed by atoms with Gasteiger partial charge in [-0.15, -0.1) is 0 Å². The number of hydrogen-bond donors (Lipinski definition) is 1. The average Bonchev–Trinajstić information content (AvgIpc) is 2.90. The second-order valence-corrected chi connectivity index (χ2v) is 6.35. The number of hydrogen-bond acceptors (Lipinski definition) is 3. The monoisotopic (exact) mass is 279 g/mol. The van der Waals surface area contributed by atoms with Crippen LogP contribution in [0.3, 0.4) is 0 Å². The second-order valence-electron chi connectivity index (χ2n) is 6.35. The van der Waals surface area contributed by atoms with Crippen LogP contribution < -0.4 is 10.5 Å². The van der Waals surface area contributed by atoms with Gasteiger partial charge in [-0.05, 0) is 38.5 Å². The maximum atomic E-state index is 6.58. The van der Waals surface area contributed by atoms with Crippen LogP contribution in [-0.2, 0) is 0 Å². The molecule has 2 rings (SSSR count). The summed E-state index contributed by atoms with van der Waals surface area (Å²) < 4.78 is 7.49. The smallest absolute Gasteiger partial charge is 0.161 e. The molecule has 0 radical (unpaired) electrons. The van der Waals surface area contributed by atoms with E-state index in [-0.39, 0.29) is 6.04 Å². The topological polar surface area (TPSA) is 53.1 Å². The fraction of sp³-hybridized carbons (Fsp3) is 0.812. The van der Waals surface area contributed by atoms with Crippen molar-refractivity contribution in [3.63, 3.8) is 0 Å². The van der Waals surface area contributed by atoms with Gasteiger partial charge < -0.3 is 10.5 Å². The first-order valence-electron chi connectivity index (χ1n) is 7.95. The number of nitrogens with two attached hydrogens (primary N) is 1. The van der Waals surface area contributed by atoms with E-state index in [2.05, 4.69) is 25.9 Å². The molecule has 0 aliphatic heterocycles. The summed E-state index contributed by atoms with van der Waals surface area (Å²) in [4.78, 5) is 0. The Morgan fingerprint density at radius 3 is 2.50 bits per heavy atom. The summed E-state index contributed by atoms with van der Waals surface area (Å²) in [5.74, 6) is 2.29. The van der Waals surface area contributed by atoms with Crippen LogP contribution in [0.2, 0.25) is 0 Å². The largest absolute Gasteiger partial charge is 0.493 e. The van der Waals surface area contributed by atoms with Crippen LogP contribution in [0.25, 0.3) is 0 Å². The lowest BCUT2D eigenvalue weighted by Gasteiger charge is -2.32. The Labute approximate surface area is 122 Å². The molecule has 1 fully saturated rings. The van der Waals surface area contributed by atoms with Crippen LogP contribution in [-0.4, -0.2) is 16.9 Å². The van der Waals surface area contributed by atoms with E-state index in [1.807, 2.05) is 4.68 Å². The van der Waals surface area contributed by atoms with Crippen molar-refractivity contribution in [2.24, 2.45) is 17.6 Å². The highest BCUT2D eigenvalue weighted by Crippen LogP contribution is 2.39. The van der Waals surface area contributed by atoms with Crippen molar-refractivity contribution in [3.8, 4) is 5.75 Å². The molecule has 4 heteroatoms. The Bertz CT molecular complexity index is 419. The molecule has 0 amide bonds. The van der Waals surface area contributed by atoms with Gasteiger partial charge in [0.15, 0.2) is 5.75 Å². The van der Waals surface area contributed by atoms with E-state index in [9.17, 15) is 0 Å². The summed E-state index contributed by atoms with van der Waals surface area (Å²) >= 11 is 0. The molecule has 4 nitrogen and oxygen atoms in total. The van der Waals surface area contributed by atoms with Crippen molar-refractivity contribution in [3.05, 3.63) is 11.9 Å². The fourth-order valence-corrected chi connectivity index (χ4v) is 3.42. The maximum absolute atomic E-state index is 6.58. The van der Waals surface area contributed by atoms with Crippen molar-refractivity contribution in [2.75, 3.05) is 7.11 Å². The summed E-state index contributed by atoms with van der Waals surface area (Å²) in [7, 11) is 1.70. The molecule has 0 aromatic carbocycles. The van der Waals surface area contributed by atoms with Crippen molar-refractivity contribution in [1.29, 1.82) is 0 Å². The summed E-state index contributed by atoms with van der Waals surface area (Å²) in [6, 6.07) is 0.347. The van der Waals surface area contributed by atoms with Crippen LogP contribution >= 0.6 is 0 Å². The Hall–Kier alpha value is -1.03. The minimum atomic E-state index is 0.0349. The van der Waals surface area contributed by atoms with E-state index in [4.69, 9.17) is 10.5 Å². The van der Waals surface area contributed by atoms with E-state index >= 15 is 0 Å². The predicted octanol–water partition coefficient (Wildman–Crippen LogP) is 3.69. The van der Waals surface area contributed by atoms with Crippen molar-refractivity contribution in [2.45, 2.75) is 65.0 Å². The molecule has 114 valence electrons. The minimum absolute atomic E-state index is 0.0349. The molecule has 1 atom stereocenters. The first-order chi connectivity index (χ1) is 9.58. The van der Waals surface area contributed by atoms with Gasteiger partial charge in [0.25, 0.3) is 0 Å². The van der Waals surface area contributed by atoms with Gasteiger partial charge in [-0.3, -0.25) is 4.68 Å². The van der Waals surface area contributed by atoms with E-state index in [1.54, 1.807) is 13.3 Å². The van der Waals surface area contributed by atoms with E-state index in [1.165, 1.54) is 32.1 Å². The predicted molar refractivity (Wildman–Crippen MR) is 81.8 cm³/mol. The molecule has 20 heavy (non-hydrogen) atoms. The first kappa shape index (κ1) is 15.4. The SMILES string of the molecule is CCC1CCC(C(N)c2c(OC)cnn2C(C)C)CC1. The van der Waals surface area contributed by atoms with Crippen molar-refractivity contribution in [1.82, 2.24) is 9.78 Å². The van der Waals surface area contributed by atoms with Crippen LogP contribution in [0.5, 0.6) is 5.75 Å². The van der Waals surface area contributed by atoms with Crippen LogP contribution in [0.15, 0.2) is 6.20 Å². The van der Waals surface area contributed by atoms with E-state index < -0.39 is 0 Å².